The molecule has 2 fully saturated rings. The molecule has 4 unspecified atom stereocenters. The Morgan fingerprint density at radius 3 is 2.65 bits per heavy atom. The van der Waals surface area contributed by atoms with Crippen molar-refractivity contribution >= 4 is 0 Å². The number of rotatable bonds is 4. The third kappa shape index (κ3) is 3.45. The highest BCUT2D eigenvalue weighted by Gasteiger charge is 2.31. The Labute approximate surface area is 107 Å². The highest BCUT2D eigenvalue weighted by atomic mass is 15.2. The van der Waals surface area contributed by atoms with Gasteiger partial charge in [0.2, 0.25) is 0 Å². The van der Waals surface area contributed by atoms with Crippen LogP contribution in [0.1, 0.15) is 52.9 Å². The summed E-state index contributed by atoms with van der Waals surface area (Å²) in [5.41, 5.74) is 0. The molecular weight excluding hydrogens is 208 g/mol. The summed E-state index contributed by atoms with van der Waals surface area (Å²) in [6.45, 7) is 10.9. The first-order valence-corrected chi connectivity index (χ1v) is 7.68. The standard InChI is InChI=1S/C15H30N2/c1-4-16-15-8-7-12(2)10-14(15)11-17-9-5-6-13(17)3/h12-16H,4-11H2,1-3H3. The number of likely N-dealkylation sites (tertiary alicyclic amines) is 1. The van der Waals surface area contributed by atoms with Crippen molar-refractivity contribution in [3.05, 3.63) is 0 Å². The molecule has 1 saturated carbocycles. The van der Waals surface area contributed by atoms with E-state index in [9.17, 15) is 0 Å². The number of nitrogens with one attached hydrogen (secondary N) is 1. The van der Waals surface area contributed by atoms with E-state index in [2.05, 4.69) is 31.0 Å². The lowest BCUT2D eigenvalue weighted by atomic mass is 9.78. The minimum absolute atomic E-state index is 0.781. The molecule has 0 spiro atoms. The summed E-state index contributed by atoms with van der Waals surface area (Å²) in [6.07, 6.45) is 7.07. The molecule has 1 saturated heterocycles. The molecule has 2 heteroatoms. The average Bonchev–Trinajstić information content (AvgIpc) is 2.69. The maximum absolute atomic E-state index is 3.72. The Morgan fingerprint density at radius 2 is 2.00 bits per heavy atom. The van der Waals surface area contributed by atoms with E-state index in [1.165, 1.54) is 45.2 Å². The Morgan fingerprint density at radius 1 is 1.18 bits per heavy atom. The molecule has 0 aromatic rings. The minimum Gasteiger partial charge on any atom is -0.314 e. The van der Waals surface area contributed by atoms with E-state index in [0.29, 0.717) is 0 Å². The van der Waals surface area contributed by atoms with E-state index < -0.39 is 0 Å². The van der Waals surface area contributed by atoms with Crippen molar-refractivity contribution in [3.8, 4) is 0 Å². The van der Waals surface area contributed by atoms with Gasteiger partial charge in [0.15, 0.2) is 0 Å². The predicted molar refractivity (Wildman–Crippen MR) is 74.2 cm³/mol. The lowest BCUT2D eigenvalue weighted by Crippen LogP contribution is -2.46. The van der Waals surface area contributed by atoms with Crippen LogP contribution in [0.4, 0.5) is 0 Å². The fourth-order valence-electron chi connectivity index (χ4n) is 3.80. The Kier molecular flexibility index (Phi) is 4.87. The van der Waals surface area contributed by atoms with Crippen molar-refractivity contribution in [2.24, 2.45) is 11.8 Å². The third-order valence-corrected chi connectivity index (χ3v) is 4.87. The smallest absolute Gasteiger partial charge is 0.0108 e. The largest absolute Gasteiger partial charge is 0.314 e. The van der Waals surface area contributed by atoms with Gasteiger partial charge >= 0.3 is 0 Å². The van der Waals surface area contributed by atoms with Gasteiger partial charge in [0, 0.05) is 18.6 Å². The van der Waals surface area contributed by atoms with Gasteiger partial charge in [-0.15, -0.1) is 0 Å². The van der Waals surface area contributed by atoms with Crippen molar-refractivity contribution < 1.29 is 0 Å². The zero-order chi connectivity index (χ0) is 12.3. The normalized spacial score (nSPS) is 39.7. The van der Waals surface area contributed by atoms with E-state index in [4.69, 9.17) is 0 Å². The van der Waals surface area contributed by atoms with Crippen LogP contribution >= 0.6 is 0 Å². The zero-order valence-corrected chi connectivity index (χ0v) is 11.9. The van der Waals surface area contributed by atoms with E-state index in [1.807, 2.05) is 0 Å². The topological polar surface area (TPSA) is 15.3 Å². The van der Waals surface area contributed by atoms with Crippen LogP contribution in [-0.2, 0) is 0 Å². The first-order chi connectivity index (χ1) is 8.20. The summed E-state index contributed by atoms with van der Waals surface area (Å²) in [5, 5.41) is 3.72. The van der Waals surface area contributed by atoms with Crippen molar-refractivity contribution in [1.82, 2.24) is 10.2 Å². The van der Waals surface area contributed by atoms with Crippen molar-refractivity contribution in [2.75, 3.05) is 19.6 Å². The summed E-state index contributed by atoms with van der Waals surface area (Å²) < 4.78 is 0. The molecule has 1 N–H and O–H groups in total. The van der Waals surface area contributed by atoms with Gasteiger partial charge < -0.3 is 10.2 Å². The Hall–Kier alpha value is -0.0800. The third-order valence-electron chi connectivity index (χ3n) is 4.87. The molecule has 100 valence electrons. The zero-order valence-electron chi connectivity index (χ0n) is 11.9. The second kappa shape index (κ2) is 6.19. The highest BCUT2D eigenvalue weighted by molar-refractivity contribution is 4.87. The van der Waals surface area contributed by atoms with E-state index in [1.54, 1.807) is 0 Å². The first kappa shape index (κ1) is 13.4. The van der Waals surface area contributed by atoms with Crippen molar-refractivity contribution in [1.29, 1.82) is 0 Å². The summed E-state index contributed by atoms with van der Waals surface area (Å²) in [6, 6.07) is 1.61. The maximum Gasteiger partial charge on any atom is 0.0108 e. The van der Waals surface area contributed by atoms with E-state index in [0.717, 1.165) is 30.5 Å². The molecule has 0 aromatic heterocycles. The molecule has 17 heavy (non-hydrogen) atoms. The summed E-state index contributed by atoms with van der Waals surface area (Å²) >= 11 is 0. The van der Waals surface area contributed by atoms with Crippen LogP contribution in [0.2, 0.25) is 0 Å². The quantitative estimate of drug-likeness (QED) is 0.810. The van der Waals surface area contributed by atoms with Gasteiger partial charge in [-0.3, -0.25) is 0 Å². The van der Waals surface area contributed by atoms with Crippen LogP contribution in [0.25, 0.3) is 0 Å². The SMILES string of the molecule is CCNC1CCC(C)CC1CN1CCCC1C. The summed E-state index contributed by atoms with van der Waals surface area (Å²) in [7, 11) is 0. The minimum atomic E-state index is 0.781. The molecule has 2 aliphatic rings. The van der Waals surface area contributed by atoms with Crippen molar-refractivity contribution in [2.45, 2.75) is 65.0 Å². The number of nitrogens with zero attached hydrogens (tertiary/aromatic N) is 1. The molecular formula is C15H30N2. The fourth-order valence-corrected chi connectivity index (χ4v) is 3.80. The second-order valence-corrected chi connectivity index (χ2v) is 6.33. The molecule has 0 radical (unpaired) electrons. The average molecular weight is 238 g/mol. The predicted octanol–water partition coefficient (Wildman–Crippen LogP) is 2.89. The van der Waals surface area contributed by atoms with Crippen molar-refractivity contribution in [3.63, 3.8) is 0 Å². The van der Waals surface area contributed by atoms with Crippen LogP contribution in [0.5, 0.6) is 0 Å². The molecule has 0 amide bonds. The Bertz CT molecular complexity index is 229. The Balaban J connectivity index is 1.89. The van der Waals surface area contributed by atoms with Crippen LogP contribution in [0.3, 0.4) is 0 Å². The lowest BCUT2D eigenvalue weighted by molar-refractivity contribution is 0.142. The van der Waals surface area contributed by atoms with Gasteiger partial charge in [-0.2, -0.15) is 0 Å². The number of hydrogen-bond acceptors (Lipinski definition) is 2. The monoisotopic (exact) mass is 238 g/mol. The molecule has 2 nitrogen and oxygen atoms in total. The molecule has 1 heterocycles. The molecule has 0 aromatic carbocycles. The number of hydrogen-bond donors (Lipinski definition) is 1. The maximum atomic E-state index is 3.72. The van der Waals surface area contributed by atoms with Crippen LogP contribution in [0.15, 0.2) is 0 Å². The van der Waals surface area contributed by atoms with Crippen LogP contribution in [-0.4, -0.2) is 36.6 Å². The molecule has 4 atom stereocenters. The first-order valence-electron chi connectivity index (χ1n) is 7.68. The summed E-state index contributed by atoms with van der Waals surface area (Å²) in [4.78, 5) is 2.73. The highest BCUT2D eigenvalue weighted by Crippen LogP contribution is 2.31. The molecule has 2 rings (SSSR count). The molecule has 0 bridgehead atoms. The van der Waals surface area contributed by atoms with Gasteiger partial charge in [-0.05, 0) is 64.0 Å². The molecule has 1 aliphatic carbocycles. The van der Waals surface area contributed by atoms with Gasteiger partial charge in [-0.1, -0.05) is 13.8 Å². The van der Waals surface area contributed by atoms with E-state index in [-0.39, 0.29) is 0 Å². The van der Waals surface area contributed by atoms with Crippen LogP contribution in [0, 0.1) is 11.8 Å². The van der Waals surface area contributed by atoms with Gasteiger partial charge in [0.05, 0.1) is 0 Å². The second-order valence-electron chi connectivity index (χ2n) is 6.33. The fraction of sp³-hybridized carbons (Fsp3) is 1.00. The van der Waals surface area contributed by atoms with Gasteiger partial charge in [-0.25, -0.2) is 0 Å². The molecule has 1 aliphatic heterocycles. The summed E-state index contributed by atoms with van der Waals surface area (Å²) in [5.74, 6) is 1.83. The van der Waals surface area contributed by atoms with Crippen LogP contribution < -0.4 is 5.32 Å². The van der Waals surface area contributed by atoms with E-state index >= 15 is 0 Å². The van der Waals surface area contributed by atoms with Gasteiger partial charge in [0.1, 0.15) is 0 Å². The lowest BCUT2D eigenvalue weighted by Gasteiger charge is -2.38. The van der Waals surface area contributed by atoms with Gasteiger partial charge in [0.25, 0.3) is 0 Å².